The molecule has 2 aromatic heterocycles. The van der Waals surface area contributed by atoms with Gasteiger partial charge >= 0.3 is 0 Å². The molecule has 1 aliphatic heterocycles. The number of rotatable bonds is 5. The van der Waals surface area contributed by atoms with Crippen molar-refractivity contribution in [2.24, 2.45) is 0 Å². The maximum Gasteiger partial charge on any atom is 0.128 e. The Labute approximate surface area is 148 Å². The molecule has 3 aromatic rings. The van der Waals surface area contributed by atoms with E-state index in [1.54, 1.807) is 0 Å². The van der Waals surface area contributed by atoms with E-state index >= 15 is 0 Å². The van der Waals surface area contributed by atoms with Crippen LogP contribution in [0.2, 0.25) is 0 Å². The van der Waals surface area contributed by atoms with Gasteiger partial charge in [-0.15, -0.1) is 0 Å². The molecule has 5 nitrogen and oxygen atoms in total. The van der Waals surface area contributed by atoms with Gasteiger partial charge in [-0.05, 0) is 36.4 Å². The highest BCUT2D eigenvalue weighted by Gasteiger charge is 2.14. The number of anilines is 1. The van der Waals surface area contributed by atoms with Gasteiger partial charge in [0.2, 0.25) is 0 Å². The Hall–Kier alpha value is -2.37. The fourth-order valence-electron chi connectivity index (χ4n) is 3.39. The van der Waals surface area contributed by atoms with E-state index < -0.39 is 0 Å². The van der Waals surface area contributed by atoms with Gasteiger partial charge in [0.25, 0.3) is 0 Å². The second-order valence-electron chi connectivity index (χ2n) is 6.77. The van der Waals surface area contributed by atoms with Gasteiger partial charge in [0.1, 0.15) is 5.82 Å². The standard InChI is InChI=1S/C20H25N5/c1-24-9-11-25(12-10-24)20-6-5-16(14-23-20)13-21-15-17-3-2-4-19-18(17)7-8-22-19/h2-8,14,21-22H,9-13,15H2,1H3. The summed E-state index contributed by atoms with van der Waals surface area (Å²) >= 11 is 0. The van der Waals surface area contributed by atoms with Crippen LogP contribution in [0.1, 0.15) is 11.1 Å². The van der Waals surface area contributed by atoms with Crippen molar-refractivity contribution in [3.63, 3.8) is 0 Å². The van der Waals surface area contributed by atoms with Crippen LogP contribution in [0, 0.1) is 0 Å². The SMILES string of the molecule is CN1CCN(c2ccc(CNCc3cccc4[nH]ccc34)cn2)CC1. The summed E-state index contributed by atoms with van der Waals surface area (Å²) in [6, 6.07) is 12.9. The largest absolute Gasteiger partial charge is 0.361 e. The molecule has 3 heterocycles. The molecule has 0 bridgehead atoms. The number of nitrogens with zero attached hydrogens (tertiary/aromatic N) is 3. The Kier molecular flexibility index (Phi) is 4.68. The molecular weight excluding hydrogens is 310 g/mol. The predicted molar refractivity (Wildman–Crippen MR) is 103 cm³/mol. The van der Waals surface area contributed by atoms with Crippen molar-refractivity contribution < 1.29 is 0 Å². The number of benzene rings is 1. The molecule has 0 atom stereocenters. The minimum atomic E-state index is 0.830. The normalized spacial score (nSPS) is 15.8. The summed E-state index contributed by atoms with van der Waals surface area (Å²) in [6.45, 7) is 6.02. The summed E-state index contributed by atoms with van der Waals surface area (Å²) in [5, 5.41) is 4.82. The topological polar surface area (TPSA) is 47.2 Å². The third-order valence-corrected chi connectivity index (χ3v) is 4.97. The van der Waals surface area contributed by atoms with Gasteiger partial charge in [-0.3, -0.25) is 0 Å². The first-order chi connectivity index (χ1) is 12.3. The maximum atomic E-state index is 4.66. The Morgan fingerprint density at radius 1 is 1.04 bits per heavy atom. The van der Waals surface area contributed by atoms with Crippen LogP contribution in [-0.2, 0) is 13.1 Å². The van der Waals surface area contributed by atoms with E-state index in [1.165, 1.54) is 22.0 Å². The summed E-state index contributed by atoms with van der Waals surface area (Å²) < 4.78 is 0. The lowest BCUT2D eigenvalue weighted by Crippen LogP contribution is -2.44. The molecule has 1 aliphatic rings. The van der Waals surface area contributed by atoms with E-state index in [-0.39, 0.29) is 0 Å². The molecule has 0 amide bonds. The monoisotopic (exact) mass is 335 g/mol. The lowest BCUT2D eigenvalue weighted by atomic mass is 10.1. The van der Waals surface area contributed by atoms with Gasteiger partial charge in [0, 0.05) is 62.6 Å². The molecule has 0 saturated carbocycles. The summed E-state index contributed by atoms with van der Waals surface area (Å²) in [5.74, 6) is 1.09. The zero-order chi connectivity index (χ0) is 17.1. The molecule has 0 radical (unpaired) electrons. The van der Waals surface area contributed by atoms with Crippen LogP contribution < -0.4 is 10.2 Å². The van der Waals surface area contributed by atoms with E-state index in [4.69, 9.17) is 0 Å². The first-order valence-corrected chi connectivity index (χ1v) is 8.94. The van der Waals surface area contributed by atoms with Crippen molar-refractivity contribution in [2.75, 3.05) is 38.1 Å². The average Bonchev–Trinajstić information content (AvgIpc) is 3.13. The zero-order valence-corrected chi connectivity index (χ0v) is 14.7. The first-order valence-electron chi connectivity index (χ1n) is 8.94. The van der Waals surface area contributed by atoms with Crippen LogP contribution in [0.4, 0.5) is 5.82 Å². The summed E-state index contributed by atoms with van der Waals surface area (Å²) in [4.78, 5) is 12.6. The summed E-state index contributed by atoms with van der Waals surface area (Å²) in [6.07, 6.45) is 3.99. The molecule has 1 fully saturated rings. The Morgan fingerprint density at radius 3 is 2.72 bits per heavy atom. The molecule has 0 spiro atoms. The third-order valence-electron chi connectivity index (χ3n) is 4.97. The second kappa shape index (κ2) is 7.25. The quantitative estimate of drug-likeness (QED) is 0.752. The molecule has 130 valence electrons. The second-order valence-corrected chi connectivity index (χ2v) is 6.77. The van der Waals surface area contributed by atoms with E-state index in [0.29, 0.717) is 0 Å². The predicted octanol–water partition coefficient (Wildman–Crippen LogP) is 2.60. The van der Waals surface area contributed by atoms with Crippen LogP contribution in [0.5, 0.6) is 0 Å². The van der Waals surface area contributed by atoms with Gasteiger partial charge in [-0.25, -0.2) is 4.98 Å². The van der Waals surface area contributed by atoms with Crippen LogP contribution in [0.15, 0.2) is 48.8 Å². The van der Waals surface area contributed by atoms with Crippen molar-refractivity contribution in [1.29, 1.82) is 0 Å². The molecule has 1 saturated heterocycles. The van der Waals surface area contributed by atoms with E-state index in [0.717, 1.165) is 45.1 Å². The molecule has 2 N–H and O–H groups in total. The third kappa shape index (κ3) is 3.67. The Balaban J connectivity index is 1.33. The van der Waals surface area contributed by atoms with Gasteiger partial charge < -0.3 is 20.1 Å². The molecule has 1 aromatic carbocycles. The van der Waals surface area contributed by atoms with E-state index in [1.807, 2.05) is 12.4 Å². The number of hydrogen-bond donors (Lipinski definition) is 2. The van der Waals surface area contributed by atoms with Gasteiger partial charge in [0.05, 0.1) is 0 Å². The molecule has 0 unspecified atom stereocenters. The molecule has 25 heavy (non-hydrogen) atoms. The highest BCUT2D eigenvalue weighted by molar-refractivity contribution is 5.82. The number of likely N-dealkylation sites (N-methyl/N-ethyl adjacent to an activating group) is 1. The van der Waals surface area contributed by atoms with Crippen molar-refractivity contribution in [3.05, 3.63) is 59.9 Å². The zero-order valence-electron chi connectivity index (χ0n) is 14.7. The Bertz CT molecular complexity index is 815. The minimum Gasteiger partial charge on any atom is -0.361 e. The van der Waals surface area contributed by atoms with Crippen LogP contribution in [0.3, 0.4) is 0 Å². The number of H-pyrrole nitrogens is 1. The van der Waals surface area contributed by atoms with E-state index in [2.05, 4.69) is 68.5 Å². The first kappa shape index (κ1) is 16.1. The maximum absolute atomic E-state index is 4.66. The van der Waals surface area contributed by atoms with Crippen molar-refractivity contribution >= 4 is 16.7 Å². The average molecular weight is 335 g/mol. The molecule has 4 rings (SSSR count). The van der Waals surface area contributed by atoms with Crippen molar-refractivity contribution in [3.8, 4) is 0 Å². The fourth-order valence-corrected chi connectivity index (χ4v) is 3.39. The number of aromatic nitrogens is 2. The molecule has 0 aliphatic carbocycles. The fraction of sp³-hybridized carbons (Fsp3) is 0.350. The van der Waals surface area contributed by atoms with Gasteiger partial charge in [-0.2, -0.15) is 0 Å². The highest BCUT2D eigenvalue weighted by atomic mass is 15.3. The number of fused-ring (bicyclic) bond motifs is 1. The van der Waals surface area contributed by atoms with Gasteiger partial charge in [0.15, 0.2) is 0 Å². The summed E-state index contributed by atoms with van der Waals surface area (Å²) in [5.41, 5.74) is 3.73. The molecule has 5 heteroatoms. The Morgan fingerprint density at radius 2 is 1.92 bits per heavy atom. The lowest BCUT2D eigenvalue weighted by molar-refractivity contribution is 0.312. The van der Waals surface area contributed by atoms with Crippen LogP contribution >= 0.6 is 0 Å². The number of aromatic amines is 1. The smallest absolute Gasteiger partial charge is 0.128 e. The van der Waals surface area contributed by atoms with Crippen molar-refractivity contribution in [1.82, 2.24) is 20.2 Å². The van der Waals surface area contributed by atoms with Gasteiger partial charge in [-0.1, -0.05) is 18.2 Å². The van der Waals surface area contributed by atoms with Crippen LogP contribution in [-0.4, -0.2) is 48.1 Å². The number of nitrogens with one attached hydrogen (secondary N) is 2. The molecular formula is C20H25N5. The number of piperazine rings is 1. The van der Waals surface area contributed by atoms with Crippen molar-refractivity contribution in [2.45, 2.75) is 13.1 Å². The lowest BCUT2D eigenvalue weighted by Gasteiger charge is -2.33. The number of pyridine rings is 1. The van der Waals surface area contributed by atoms with Crippen LogP contribution in [0.25, 0.3) is 10.9 Å². The summed E-state index contributed by atoms with van der Waals surface area (Å²) in [7, 11) is 2.17. The van der Waals surface area contributed by atoms with E-state index in [9.17, 15) is 0 Å². The highest BCUT2D eigenvalue weighted by Crippen LogP contribution is 2.17. The minimum absolute atomic E-state index is 0.830. The number of hydrogen-bond acceptors (Lipinski definition) is 4.